The smallest absolute Gasteiger partial charge is 0.326 e. The lowest BCUT2D eigenvalue weighted by atomic mass is 9.73. The van der Waals surface area contributed by atoms with Gasteiger partial charge in [0.2, 0.25) is 6.29 Å². The van der Waals surface area contributed by atoms with Gasteiger partial charge in [0.15, 0.2) is 5.41 Å². The van der Waals surface area contributed by atoms with Crippen molar-refractivity contribution in [3.05, 3.63) is 0 Å². The molecule has 0 aromatic rings. The normalized spacial score (nSPS) is 33.4. The summed E-state index contributed by atoms with van der Waals surface area (Å²) in [6.07, 6.45) is 0.328. The Bertz CT molecular complexity index is 707. The van der Waals surface area contributed by atoms with Crippen LogP contribution < -0.4 is 0 Å². The fraction of sp³-hybridized carbons (Fsp3) is 0.870. The van der Waals surface area contributed by atoms with E-state index in [4.69, 9.17) is 18.9 Å². The SMILES string of the molecule is CCOC(CC(C)(C)C)OC(=O)C12CC3CC1C(OC2=O)C3OC(=O)C(C)(C)CC. The van der Waals surface area contributed by atoms with Crippen molar-refractivity contribution in [3.63, 3.8) is 0 Å². The lowest BCUT2D eigenvalue weighted by Crippen LogP contribution is -2.47. The van der Waals surface area contributed by atoms with E-state index >= 15 is 0 Å². The van der Waals surface area contributed by atoms with Gasteiger partial charge in [0.05, 0.1) is 5.41 Å². The van der Waals surface area contributed by atoms with Crippen molar-refractivity contribution in [1.29, 1.82) is 0 Å². The molecular weight excluding hydrogens is 388 g/mol. The molecule has 3 fully saturated rings. The molecule has 3 aliphatic rings. The zero-order chi connectivity index (χ0) is 22.5. The van der Waals surface area contributed by atoms with E-state index in [1.807, 2.05) is 48.5 Å². The molecular formula is C23H36O7. The topological polar surface area (TPSA) is 88.1 Å². The molecule has 170 valence electrons. The van der Waals surface area contributed by atoms with Gasteiger partial charge in [-0.3, -0.25) is 14.4 Å². The first-order valence-electron chi connectivity index (χ1n) is 11.1. The molecule has 7 heteroatoms. The van der Waals surface area contributed by atoms with E-state index in [0.29, 0.717) is 32.3 Å². The van der Waals surface area contributed by atoms with E-state index in [-0.39, 0.29) is 23.2 Å². The molecule has 1 saturated heterocycles. The summed E-state index contributed by atoms with van der Waals surface area (Å²) in [5, 5.41) is 0. The summed E-state index contributed by atoms with van der Waals surface area (Å²) in [5.41, 5.74) is -2.00. The highest BCUT2D eigenvalue weighted by molar-refractivity contribution is 6.03. The molecule has 1 heterocycles. The van der Waals surface area contributed by atoms with Gasteiger partial charge < -0.3 is 18.9 Å². The highest BCUT2D eigenvalue weighted by Crippen LogP contribution is 2.63. The maximum absolute atomic E-state index is 13.2. The summed E-state index contributed by atoms with van der Waals surface area (Å²) in [5.74, 6) is -1.81. The quantitative estimate of drug-likeness (QED) is 0.254. The predicted molar refractivity (Wildman–Crippen MR) is 108 cm³/mol. The van der Waals surface area contributed by atoms with Crippen LogP contribution in [0.4, 0.5) is 0 Å². The van der Waals surface area contributed by atoms with Crippen LogP contribution in [0.3, 0.4) is 0 Å². The molecule has 2 bridgehead atoms. The van der Waals surface area contributed by atoms with Crippen LogP contribution in [0.15, 0.2) is 0 Å². The maximum atomic E-state index is 13.2. The van der Waals surface area contributed by atoms with Crippen LogP contribution in [-0.2, 0) is 33.3 Å². The molecule has 0 aromatic heterocycles. The lowest BCUT2D eigenvalue weighted by Gasteiger charge is -2.33. The minimum Gasteiger partial charge on any atom is -0.458 e. The van der Waals surface area contributed by atoms with Gasteiger partial charge in [-0.1, -0.05) is 27.7 Å². The molecule has 0 radical (unpaired) electrons. The summed E-state index contributed by atoms with van der Waals surface area (Å²) in [6, 6.07) is 0. The molecule has 30 heavy (non-hydrogen) atoms. The fourth-order valence-electron chi connectivity index (χ4n) is 4.90. The largest absolute Gasteiger partial charge is 0.458 e. The molecule has 7 nitrogen and oxygen atoms in total. The highest BCUT2D eigenvalue weighted by atomic mass is 16.7. The Labute approximate surface area is 179 Å². The lowest BCUT2D eigenvalue weighted by molar-refractivity contribution is -0.197. The molecule has 0 N–H and O–H groups in total. The van der Waals surface area contributed by atoms with Crippen molar-refractivity contribution < 1.29 is 33.3 Å². The highest BCUT2D eigenvalue weighted by Gasteiger charge is 2.75. The zero-order valence-corrected chi connectivity index (χ0v) is 19.3. The van der Waals surface area contributed by atoms with Crippen molar-refractivity contribution in [3.8, 4) is 0 Å². The molecule has 6 atom stereocenters. The van der Waals surface area contributed by atoms with Crippen molar-refractivity contribution in [2.45, 2.75) is 92.6 Å². The minimum absolute atomic E-state index is 0.0798. The summed E-state index contributed by atoms with van der Waals surface area (Å²) < 4.78 is 22.7. The van der Waals surface area contributed by atoms with Crippen LogP contribution in [0.25, 0.3) is 0 Å². The summed E-state index contributed by atoms with van der Waals surface area (Å²) in [6.45, 7) is 14.0. The number of esters is 3. The number of carbonyl (C=O) groups is 3. The Balaban J connectivity index is 1.74. The van der Waals surface area contributed by atoms with E-state index in [1.165, 1.54) is 0 Å². The fourth-order valence-corrected chi connectivity index (χ4v) is 4.90. The molecule has 0 spiro atoms. The van der Waals surface area contributed by atoms with E-state index in [1.54, 1.807) is 0 Å². The van der Waals surface area contributed by atoms with Crippen molar-refractivity contribution in [1.82, 2.24) is 0 Å². The second-order valence-electron chi connectivity index (χ2n) is 10.8. The first kappa shape index (κ1) is 23.0. The van der Waals surface area contributed by atoms with Gasteiger partial charge in [0.25, 0.3) is 0 Å². The second kappa shape index (κ2) is 7.81. The first-order valence-corrected chi connectivity index (χ1v) is 11.1. The summed E-state index contributed by atoms with van der Waals surface area (Å²) >= 11 is 0. The van der Waals surface area contributed by atoms with Crippen LogP contribution in [0.2, 0.25) is 0 Å². The second-order valence-corrected chi connectivity index (χ2v) is 10.8. The zero-order valence-electron chi connectivity index (χ0n) is 19.3. The van der Waals surface area contributed by atoms with Crippen LogP contribution in [0.1, 0.15) is 74.1 Å². The van der Waals surface area contributed by atoms with E-state index in [0.717, 1.165) is 0 Å². The number of hydrogen-bond donors (Lipinski definition) is 0. The average molecular weight is 425 g/mol. The van der Waals surface area contributed by atoms with Gasteiger partial charge >= 0.3 is 17.9 Å². The Hall–Kier alpha value is -1.63. The Kier molecular flexibility index (Phi) is 6.00. The Morgan fingerprint density at radius 2 is 1.87 bits per heavy atom. The van der Waals surface area contributed by atoms with E-state index in [2.05, 4.69) is 0 Å². The van der Waals surface area contributed by atoms with E-state index < -0.39 is 41.3 Å². The van der Waals surface area contributed by atoms with Crippen LogP contribution in [0.5, 0.6) is 0 Å². The number of rotatable bonds is 8. The standard InChI is InChI=1S/C23H36O7/c1-8-22(6,7)18(24)29-16-13-10-14-17(16)30-20(26)23(14,11-13)19(25)28-15(27-9-2)12-21(3,4)5/h13-17H,8-12H2,1-7H3. The van der Waals surface area contributed by atoms with Crippen molar-refractivity contribution in [2.24, 2.45) is 28.1 Å². The summed E-state index contributed by atoms with van der Waals surface area (Å²) in [4.78, 5) is 38.7. The average Bonchev–Trinajstić information content (AvgIpc) is 3.23. The third kappa shape index (κ3) is 3.85. The van der Waals surface area contributed by atoms with Crippen LogP contribution in [0, 0.1) is 28.1 Å². The van der Waals surface area contributed by atoms with Crippen LogP contribution >= 0.6 is 0 Å². The third-order valence-corrected chi connectivity index (χ3v) is 6.98. The molecule has 0 amide bonds. The molecule has 0 aromatic carbocycles. The molecule has 2 saturated carbocycles. The van der Waals surface area contributed by atoms with Gasteiger partial charge in [-0.05, 0) is 45.4 Å². The monoisotopic (exact) mass is 424 g/mol. The molecule has 6 unspecified atom stereocenters. The predicted octanol–water partition coefficient (Wildman–Crippen LogP) is 3.63. The van der Waals surface area contributed by atoms with Gasteiger partial charge in [-0.15, -0.1) is 0 Å². The maximum Gasteiger partial charge on any atom is 0.326 e. The van der Waals surface area contributed by atoms with Gasteiger partial charge in [-0.25, -0.2) is 0 Å². The number of fused-ring (bicyclic) bond motifs is 1. The van der Waals surface area contributed by atoms with Crippen molar-refractivity contribution in [2.75, 3.05) is 6.61 Å². The van der Waals surface area contributed by atoms with Gasteiger partial charge in [0.1, 0.15) is 12.2 Å². The number of hydrogen-bond acceptors (Lipinski definition) is 7. The molecule has 2 aliphatic carbocycles. The molecule has 1 aliphatic heterocycles. The number of ether oxygens (including phenoxy) is 4. The third-order valence-electron chi connectivity index (χ3n) is 6.98. The van der Waals surface area contributed by atoms with Gasteiger partial charge in [-0.2, -0.15) is 0 Å². The Morgan fingerprint density at radius 1 is 1.20 bits per heavy atom. The van der Waals surface area contributed by atoms with Crippen LogP contribution in [-0.4, -0.2) is 43.0 Å². The van der Waals surface area contributed by atoms with Crippen molar-refractivity contribution >= 4 is 17.9 Å². The van der Waals surface area contributed by atoms with E-state index in [9.17, 15) is 14.4 Å². The minimum atomic E-state index is -1.30. The molecule has 3 rings (SSSR count). The van der Waals surface area contributed by atoms with Gasteiger partial charge in [0, 0.05) is 24.9 Å². The first-order chi connectivity index (χ1) is 13.9. The Morgan fingerprint density at radius 3 is 2.43 bits per heavy atom. The number of carbonyl (C=O) groups excluding carboxylic acids is 3. The summed E-state index contributed by atoms with van der Waals surface area (Å²) in [7, 11) is 0.